The molecule has 0 aliphatic carbocycles. The summed E-state index contributed by atoms with van der Waals surface area (Å²) in [6.45, 7) is 12.6. The second kappa shape index (κ2) is 14.7. The van der Waals surface area contributed by atoms with E-state index in [1.165, 1.54) is 26.4 Å². The normalized spacial score (nSPS) is 11.1. The monoisotopic (exact) mass is 564 g/mol. The van der Waals surface area contributed by atoms with Gasteiger partial charge in [0.15, 0.2) is 0 Å². The van der Waals surface area contributed by atoms with E-state index in [0.29, 0.717) is 19.8 Å². The number of aromatic hydroxyl groups is 1. The van der Waals surface area contributed by atoms with Crippen LogP contribution in [0.1, 0.15) is 48.4 Å². The van der Waals surface area contributed by atoms with Gasteiger partial charge in [0.05, 0.1) is 59.5 Å². The van der Waals surface area contributed by atoms with E-state index in [1.54, 1.807) is 0 Å². The summed E-state index contributed by atoms with van der Waals surface area (Å²) in [6.07, 6.45) is 0. The van der Waals surface area contributed by atoms with Crippen molar-refractivity contribution in [3.8, 4) is 28.4 Å². The van der Waals surface area contributed by atoms with Crippen LogP contribution in [0.25, 0.3) is 11.1 Å². The molecule has 0 saturated heterocycles. The standard InChI is InChI=1S/C27H41ClN6O5/c1-7-33(8-2)12-11-31-26(36)17-14-19(35)23(30)21(25(17)39-6)20-22(29)18(28)13-16(24(20)38-5)27(37)32-15-34(9-3)10-4/h13-14,35H,7-12,15,29-30H2,1-6H3,(H,31,36)(H,32,37). The molecule has 0 aromatic heterocycles. The van der Waals surface area contributed by atoms with Crippen molar-refractivity contribution in [1.29, 1.82) is 0 Å². The van der Waals surface area contributed by atoms with Gasteiger partial charge in [-0.05, 0) is 38.3 Å². The predicted octanol–water partition coefficient (Wildman–Crippen LogP) is 2.99. The molecule has 2 aromatic rings. The molecule has 7 N–H and O–H groups in total. The van der Waals surface area contributed by atoms with E-state index >= 15 is 0 Å². The van der Waals surface area contributed by atoms with Crippen molar-refractivity contribution >= 4 is 34.8 Å². The number of benzene rings is 2. The Morgan fingerprint density at radius 3 is 1.85 bits per heavy atom. The van der Waals surface area contributed by atoms with E-state index in [2.05, 4.69) is 15.5 Å². The average Bonchev–Trinajstić information content (AvgIpc) is 2.93. The van der Waals surface area contributed by atoms with Gasteiger partial charge in [-0.15, -0.1) is 0 Å². The Morgan fingerprint density at radius 1 is 0.846 bits per heavy atom. The summed E-state index contributed by atoms with van der Waals surface area (Å²) < 4.78 is 11.3. The zero-order chi connectivity index (χ0) is 29.3. The summed E-state index contributed by atoms with van der Waals surface area (Å²) in [7, 11) is 2.74. The number of ether oxygens (including phenoxy) is 2. The molecule has 0 aliphatic rings. The van der Waals surface area contributed by atoms with Gasteiger partial charge in [0, 0.05) is 13.1 Å². The van der Waals surface area contributed by atoms with Crippen LogP contribution in [0, 0.1) is 0 Å². The van der Waals surface area contributed by atoms with Gasteiger partial charge in [-0.3, -0.25) is 14.5 Å². The van der Waals surface area contributed by atoms with Gasteiger partial charge < -0.3 is 41.6 Å². The van der Waals surface area contributed by atoms with Gasteiger partial charge in [0.25, 0.3) is 11.8 Å². The van der Waals surface area contributed by atoms with E-state index in [9.17, 15) is 14.7 Å². The lowest BCUT2D eigenvalue weighted by Gasteiger charge is -2.23. The summed E-state index contributed by atoms with van der Waals surface area (Å²) in [5, 5.41) is 16.5. The minimum Gasteiger partial charge on any atom is -0.506 e. The van der Waals surface area contributed by atoms with E-state index in [0.717, 1.165) is 26.2 Å². The predicted molar refractivity (Wildman–Crippen MR) is 156 cm³/mol. The molecule has 2 rings (SSSR count). The Morgan fingerprint density at radius 2 is 1.33 bits per heavy atom. The van der Waals surface area contributed by atoms with Gasteiger partial charge in [0.1, 0.15) is 17.2 Å². The SMILES string of the molecule is CCN(CC)CCNC(=O)c1cc(O)c(N)c(-c2c(N)c(Cl)cc(C(=O)NCN(CC)CC)c2OC)c1OC. The van der Waals surface area contributed by atoms with Crippen LogP contribution in [0.15, 0.2) is 12.1 Å². The van der Waals surface area contributed by atoms with Gasteiger partial charge in [-0.2, -0.15) is 0 Å². The van der Waals surface area contributed by atoms with Crippen molar-refractivity contribution in [2.45, 2.75) is 27.7 Å². The number of carbonyl (C=O) groups is 2. The third-order valence-electron chi connectivity index (χ3n) is 6.68. The number of nitrogens with zero attached hydrogens (tertiary/aromatic N) is 2. The zero-order valence-electron chi connectivity index (χ0n) is 23.6. The summed E-state index contributed by atoms with van der Waals surface area (Å²) in [6, 6.07) is 2.64. The number of phenols is 1. The van der Waals surface area contributed by atoms with Crippen molar-refractivity contribution < 1.29 is 24.2 Å². The Hall–Kier alpha value is -3.41. The number of anilines is 2. The first-order chi connectivity index (χ1) is 18.6. The Bertz CT molecular complexity index is 1170. The van der Waals surface area contributed by atoms with E-state index < -0.39 is 11.8 Å². The van der Waals surface area contributed by atoms with Gasteiger partial charge in [-0.25, -0.2) is 0 Å². The van der Waals surface area contributed by atoms with E-state index in [1.807, 2.05) is 32.6 Å². The highest BCUT2D eigenvalue weighted by Crippen LogP contribution is 2.51. The minimum atomic E-state index is -0.479. The number of hydrogen-bond acceptors (Lipinski definition) is 9. The number of amides is 2. The second-order valence-electron chi connectivity index (χ2n) is 8.74. The lowest BCUT2D eigenvalue weighted by atomic mass is 9.93. The number of halogens is 1. The van der Waals surface area contributed by atoms with Crippen LogP contribution in [0.3, 0.4) is 0 Å². The molecule has 0 saturated carbocycles. The fraction of sp³-hybridized carbons (Fsp3) is 0.481. The highest BCUT2D eigenvalue weighted by molar-refractivity contribution is 6.34. The van der Waals surface area contributed by atoms with Gasteiger partial charge in [0.2, 0.25) is 0 Å². The molecule has 216 valence electrons. The molecule has 0 fully saturated rings. The first-order valence-corrected chi connectivity index (χ1v) is 13.3. The van der Waals surface area contributed by atoms with Crippen molar-refractivity contribution in [2.75, 3.05) is 71.6 Å². The lowest BCUT2D eigenvalue weighted by molar-refractivity contribution is 0.0920. The number of rotatable bonds is 14. The Balaban J connectivity index is 2.67. The summed E-state index contributed by atoms with van der Waals surface area (Å²) in [4.78, 5) is 30.6. The van der Waals surface area contributed by atoms with Crippen LogP contribution < -0.4 is 31.6 Å². The molecule has 2 amide bonds. The maximum atomic E-state index is 13.2. The minimum absolute atomic E-state index is 0.0349. The van der Waals surface area contributed by atoms with Crippen LogP contribution in [-0.2, 0) is 0 Å². The lowest BCUT2D eigenvalue weighted by Crippen LogP contribution is -2.37. The average molecular weight is 565 g/mol. The fourth-order valence-electron chi connectivity index (χ4n) is 4.26. The number of nitrogens with two attached hydrogens (primary N) is 2. The smallest absolute Gasteiger partial charge is 0.256 e. The molecular formula is C27H41ClN6O5. The molecule has 12 heteroatoms. The third-order valence-corrected chi connectivity index (χ3v) is 6.99. The van der Waals surface area contributed by atoms with Crippen molar-refractivity contribution in [1.82, 2.24) is 20.4 Å². The second-order valence-corrected chi connectivity index (χ2v) is 9.15. The van der Waals surface area contributed by atoms with Crippen LogP contribution in [0.2, 0.25) is 5.02 Å². The van der Waals surface area contributed by atoms with Crippen LogP contribution in [-0.4, -0.2) is 86.9 Å². The summed E-state index contributed by atoms with van der Waals surface area (Å²) in [5.74, 6) is -1.18. The molecule has 11 nitrogen and oxygen atoms in total. The van der Waals surface area contributed by atoms with Crippen molar-refractivity contribution in [2.24, 2.45) is 0 Å². The van der Waals surface area contributed by atoms with Crippen LogP contribution in [0.5, 0.6) is 17.2 Å². The Kier molecular flexibility index (Phi) is 12.0. The number of nitrogen functional groups attached to an aromatic ring is 2. The molecule has 2 aromatic carbocycles. The molecule has 0 spiro atoms. The summed E-state index contributed by atoms with van der Waals surface area (Å²) in [5.41, 5.74) is 13.0. The number of hydrogen-bond donors (Lipinski definition) is 5. The third kappa shape index (κ3) is 7.17. The molecule has 0 aliphatic heterocycles. The van der Waals surface area contributed by atoms with E-state index in [4.69, 9.17) is 32.5 Å². The molecule has 0 radical (unpaired) electrons. The maximum Gasteiger partial charge on any atom is 0.256 e. The first kappa shape index (κ1) is 31.8. The number of methoxy groups -OCH3 is 2. The number of carbonyl (C=O) groups excluding carboxylic acids is 2. The zero-order valence-corrected chi connectivity index (χ0v) is 24.4. The van der Waals surface area contributed by atoms with Crippen molar-refractivity contribution in [3.05, 3.63) is 28.3 Å². The topological polar surface area (TPSA) is 155 Å². The van der Waals surface area contributed by atoms with Crippen LogP contribution >= 0.6 is 11.6 Å². The first-order valence-electron chi connectivity index (χ1n) is 13.0. The van der Waals surface area contributed by atoms with Gasteiger partial charge in [-0.1, -0.05) is 39.3 Å². The Labute approximate surface area is 235 Å². The molecule has 0 bridgehead atoms. The maximum absolute atomic E-state index is 13.2. The highest BCUT2D eigenvalue weighted by atomic mass is 35.5. The number of phenolic OH excluding ortho intramolecular Hbond substituents is 1. The van der Waals surface area contributed by atoms with Gasteiger partial charge >= 0.3 is 0 Å². The van der Waals surface area contributed by atoms with E-state index in [-0.39, 0.29) is 55.9 Å². The number of likely N-dealkylation sites (N-methyl/N-ethyl adjacent to an activating group) is 1. The fourth-order valence-corrected chi connectivity index (χ4v) is 4.46. The van der Waals surface area contributed by atoms with Crippen LogP contribution in [0.4, 0.5) is 11.4 Å². The number of nitrogens with one attached hydrogen (secondary N) is 2. The quantitative estimate of drug-likeness (QED) is 0.132. The molecule has 39 heavy (non-hydrogen) atoms. The van der Waals surface area contributed by atoms with Crippen molar-refractivity contribution in [3.63, 3.8) is 0 Å². The molecule has 0 atom stereocenters. The molecular weight excluding hydrogens is 524 g/mol. The molecule has 0 heterocycles. The highest BCUT2D eigenvalue weighted by Gasteiger charge is 2.30. The largest absolute Gasteiger partial charge is 0.506 e. The summed E-state index contributed by atoms with van der Waals surface area (Å²) >= 11 is 6.48. The molecule has 0 unspecified atom stereocenters.